The van der Waals surface area contributed by atoms with Crippen LogP contribution in [-0.4, -0.2) is 72.7 Å². The van der Waals surface area contributed by atoms with Gasteiger partial charge in [0, 0.05) is 19.1 Å². The molecule has 5 nitrogen and oxygen atoms in total. The van der Waals surface area contributed by atoms with E-state index in [0.29, 0.717) is 6.42 Å². The van der Waals surface area contributed by atoms with Crippen molar-refractivity contribution in [2.45, 2.75) is 44.7 Å². The van der Waals surface area contributed by atoms with Crippen LogP contribution in [0.25, 0.3) is 0 Å². The molecule has 0 radical (unpaired) electrons. The van der Waals surface area contributed by atoms with Crippen LogP contribution < -0.4 is 5.32 Å². The van der Waals surface area contributed by atoms with Crippen molar-refractivity contribution in [2.75, 3.05) is 40.3 Å². The number of hydrogen-bond donors (Lipinski definition) is 2. The Balaban J connectivity index is 2.38. The Morgan fingerprint density at radius 1 is 1.47 bits per heavy atom. The molecule has 2 unspecified atom stereocenters. The van der Waals surface area contributed by atoms with Gasteiger partial charge in [0.25, 0.3) is 0 Å². The first kappa shape index (κ1) is 16.4. The van der Waals surface area contributed by atoms with Gasteiger partial charge < -0.3 is 20.2 Å². The summed E-state index contributed by atoms with van der Waals surface area (Å²) < 4.78 is 0. The molecule has 5 heteroatoms. The predicted octanol–water partition coefficient (Wildman–Crippen LogP) is 0.855. The first-order valence-electron chi connectivity index (χ1n) is 7.24. The van der Waals surface area contributed by atoms with Crippen molar-refractivity contribution in [1.82, 2.24) is 15.1 Å². The average Bonchev–Trinajstić information content (AvgIpc) is 2.88. The van der Waals surface area contributed by atoms with Crippen LogP contribution in [0.4, 0.5) is 0 Å². The van der Waals surface area contributed by atoms with Gasteiger partial charge in [-0.05, 0) is 60.3 Å². The molecule has 2 N–H and O–H groups in total. The highest BCUT2D eigenvalue weighted by molar-refractivity contribution is 5.78. The Kier molecular flexibility index (Phi) is 6.23. The lowest BCUT2D eigenvalue weighted by molar-refractivity contribution is -0.144. The second kappa shape index (κ2) is 7.22. The molecule has 0 amide bonds. The van der Waals surface area contributed by atoms with E-state index in [9.17, 15) is 9.90 Å². The molecule has 1 saturated heterocycles. The average molecular weight is 271 g/mol. The normalized spacial score (nSPS) is 21.5. The van der Waals surface area contributed by atoms with Crippen molar-refractivity contribution in [3.63, 3.8) is 0 Å². The Bertz CT molecular complexity index is 292. The van der Waals surface area contributed by atoms with Gasteiger partial charge >= 0.3 is 5.97 Å². The number of carboxylic acid groups (broad SMARTS) is 1. The fraction of sp³-hybridized carbons (Fsp3) is 0.929. The second-order valence-corrected chi connectivity index (χ2v) is 5.97. The lowest BCUT2D eigenvalue weighted by Crippen LogP contribution is -2.52. The summed E-state index contributed by atoms with van der Waals surface area (Å²) in [6.45, 7) is 8.37. The maximum Gasteiger partial charge on any atom is 0.323 e. The summed E-state index contributed by atoms with van der Waals surface area (Å²) in [5.74, 6) is -0.783. The molecule has 1 aliphatic heterocycles. The van der Waals surface area contributed by atoms with Crippen LogP contribution in [0.15, 0.2) is 0 Å². The quantitative estimate of drug-likeness (QED) is 0.685. The van der Waals surface area contributed by atoms with Gasteiger partial charge in [0.1, 0.15) is 5.54 Å². The summed E-state index contributed by atoms with van der Waals surface area (Å²) in [5, 5.41) is 12.2. The summed E-state index contributed by atoms with van der Waals surface area (Å²) >= 11 is 0. The van der Waals surface area contributed by atoms with Crippen molar-refractivity contribution in [1.29, 1.82) is 0 Å². The predicted molar refractivity (Wildman–Crippen MR) is 77.5 cm³/mol. The number of likely N-dealkylation sites (N-methyl/N-ethyl adjacent to an activating group) is 2. The van der Waals surface area contributed by atoms with Gasteiger partial charge in [-0.1, -0.05) is 0 Å². The van der Waals surface area contributed by atoms with E-state index < -0.39 is 11.5 Å². The van der Waals surface area contributed by atoms with Gasteiger partial charge in [-0.15, -0.1) is 0 Å². The summed E-state index contributed by atoms with van der Waals surface area (Å²) in [7, 11) is 3.80. The number of likely N-dealkylation sites (tertiary alicyclic amines) is 1. The third-order valence-electron chi connectivity index (χ3n) is 4.45. The Morgan fingerprint density at radius 2 is 2.05 bits per heavy atom. The highest BCUT2D eigenvalue weighted by atomic mass is 16.4. The van der Waals surface area contributed by atoms with Gasteiger partial charge in [-0.2, -0.15) is 0 Å². The number of hydrogen-bond acceptors (Lipinski definition) is 4. The third kappa shape index (κ3) is 4.75. The fourth-order valence-corrected chi connectivity index (χ4v) is 2.57. The number of carbonyl (C=O) groups is 1. The zero-order chi connectivity index (χ0) is 14.5. The van der Waals surface area contributed by atoms with Crippen molar-refractivity contribution in [3.8, 4) is 0 Å². The van der Waals surface area contributed by atoms with Crippen LogP contribution in [0.1, 0.15) is 33.1 Å². The first-order valence-corrected chi connectivity index (χ1v) is 7.24. The minimum Gasteiger partial charge on any atom is -0.480 e. The van der Waals surface area contributed by atoms with Gasteiger partial charge in [-0.3, -0.25) is 4.79 Å². The molecular formula is C14H29N3O2. The molecule has 0 aliphatic carbocycles. The van der Waals surface area contributed by atoms with E-state index in [4.69, 9.17) is 0 Å². The zero-order valence-corrected chi connectivity index (χ0v) is 12.8. The van der Waals surface area contributed by atoms with E-state index in [1.54, 1.807) is 14.0 Å². The van der Waals surface area contributed by atoms with Crippen molar-refractivity contribution >= 4 is 5.97 Å². The summed E-state index contributed by atoms with van der Waals surface area (Å²) in [5.41, 5.74) is -0.846. The molecule has 0 aromatic rings. The molecule has 0 saturated carbocycles. The Labute approximate surface area is 117 Å². The number of nitrogens with zero attached hydrogens (tertiary/aromatic N) is 2. The lowest BCUT2D eigenvalue weighted by atomic mass is 9.93. The van der Waals surface area contributed by atoms with Crippen LogP contribution in [0, 0.1) is 0 Å². The lowest BCUT2D eigenvalue weighted by Gasteiger charge is -2.33. The minimum atomic E-state index is -0.846. The summed E-state index contributed by atoms with van der Waals surface area (Å²) in [6, 6.07) is 0.246. The fourth-order valence-electron chi connectivity index (χ4n) is 2.57. The molecule has 0 spiro atoms. The maximum absolute atomic E-state index is 11.3. The summed E-state index contributed by atoms with van der Waals surface area (Å²) in [6.07, 6.45) is 3.24. The highest BCUT2D eigenvalue weighted by Crippen LogP contribution is 2.16. The number of carboxylic acids is 1. The van der Waals surface area contributed by atoms with E-state index in [0.717, 1.165) is 13.1 Å². The van der Waals surface area contributed by atoms with Crippen LogP contribution in [-0.2, 0) is 4.79 Å². The molecule has 0 aromatic carbocycles. The number of nitrogens with one attached hydrogen (secondary N) is 1. The van der Waals surface area contributed by atoms with Crippen LogP contribution >= 0.6 is 0 Å². The van der Waals surface area contributed by atoms with E-state index >= 15 is 0 Å². The van der Waals surface area contributed by atoms with Gasteiger partial charge in [-0.25, -0.2) is 0 Å². The molecule has 1 rings (SSSR count). The molecule has 0 aromatic heterocycles. The minimum absolute atomic E-state index is 0.246. The zero-order valence-electron chi connectivity index (χ0n) is 12.8. The Hall–Kier alpha value is -0.650. The highest BCUT2D eigenvalue weighted by Gasteiger charge is 2.33. The molecule has 1 heterocycles. The SMILES string of the molecule is CNC(C)(CC(C)N(C)CCN1CCCC1)C(=O)O. The van der Waals surface area contributed by atoms with Crippen LogP contribution in [0.3, 0.4) is 0 Å². The van der Waals surface area contributed by atoms with E-state index in [1.807, 2.05) is 0 Å². The van der Waals surface area contributed by atoms with E-state index in [2.05, 4.69) is 29.1 Å². The molecule has 19 heavy (non-hydrogen) atoms. The summed E-state index contributed by atoms with van der Waals surface area (Å²) in [4.78, 5) is 16.0. The maximum atomic E-state index is 11.3. The molecule has 2 atom stereocenters. The molecule has 0 bridgehead atoms. The molecule has 1 fully saturated rings. The molecule has 1 aliphatic rings. The second-order valence-electron chi connectivity index (χ2n) is 5.97. The van der Waals surface area contributed by atoms with E-state index in [1.165, 1.54) is 25.9 Å². The standard InChI is InChI=1S/C14H29N3O2/c1-12(11-14(2,15-3)13(18)19)16(4)9-10-17-7-5-6-8-17/h12,15H,5-11H2,1-4H3,(H,18,19). The van der Waals surface area contributed by atoms with Gasteiger partial charge in [0.15, 0.2) is 0 Å². The largest absolute Gasteiger partial charge is 0.480 e. The molecule has 112 valence electrons. The van der Waals surface area contributed by atoms with Crippen molar-refractivity contribution < 1.29 is 9.90 Å². The first-order chi connectivity index (χ1) is 8.89. The topological polar surface area (TPSA) is 55.8 Å². The van der Waals surface area contributed by atoms with E-state index in [-0.39, 0.29) is 6.04 Å². The number of aliphatic carboxylic acids is 1. The van der Waals surface area contributed by atoms with Gasteiger partial charge in [0.2, 0.25) is 0 Å². The third-order valence-corrected chi connectivity index (χ3v) is 4.45. The van der Waals surface area contributed by atoms with Crippen LogP contribution in [0.2, 0.25) is 0 Å². The van der Waals surface area contributed by atoms with Gasteiger partial charge in [0.05, 0.1) is 0 Å². The Morgan fingerprint density at radius 3 is 2.53 bits per heavy atom. The monoisotopic (exact) mass is 271 g/mol. The smallest absolute Gasteiger partial charge is 0.323 e. The van der Waals surface area contributed by atoms with Crippen molar-refractivity contribution in [3.05, 3.63) is 0 Å². The molecular weight excluding hydrogens is 242 g/mol. The van der Waals surface area contributed by atoms with Crippen molar-refractivity contribution in [2.24, 2.45) is 0 Å². The van der Waals surface area contributed by atoms with Crippen LogP contribution in [0.5, 0.6) is 0 Å². The number of rotatable bonds is 8.